The van der Waals surface area contributed by atoms with E-state index in [1.54, 1.807) is 6.20 Å². The third-order valence-electron chi connectivity index (χ3n) is 4.85. The predicted octanol–water partition coefficient (Wildman–Crippen LogP) is 5.09. The number of anilines is 1. The third kappa shape index (κ3) is 3.78. The second kappa shape index (κ2) is 6.69. The molecule has 1 N–H and O–H groups in total. The van der Waals surface area contributed by atoms with E-state index >= 15 is 0 Å². The first kappa shape index (κ1) is 18.9. The topological polar surface area (TPSA) is 51.2 Å². The molecule has 2 heterocycles. The molecule has 1 aliphatic rings. The Morgan fingerprint density at radius 1 is 1.27 bits per heavy atom. The van der Waals surface area contributed by atoms with Crippen molar-refractivity contribution in [1.29, 1.82) is 0 Å². The minimum atomic E-state index is -0.637. The normalized spacial score (nSPS) is 23.0. The van der Waals surface area contributed by atoms with Gasteiger partial charge in [-0.25, -0.2) is 9.78 Å². The monoisotopic (exact) mass is 416 g/mol. The van der Waals surface area contributed by atoms with Gasteiger partial charge in [0.25, 0.3) is 0 Å². The number of pyridine rings is 1. The second-order valence-corrected chi connectivity index (χ2v) is 9.08. The summed E-state index contributed by atoms with van der Waals surface area (Å²) in [4.78, 5) is 16.8. The molecular formula is C21H25BrN2O2. The average Bonchev–Trinajstić information content (AvgIpc) is 2.85. The number of hydrogen-bond donors (Lipinski definition) is 1. The maximum atomic E-state index is 12.4. The molecule has 5 heteroatoms. The van der Waals surface area contributed by atoms with Crippen molar-refractivity contribution in [3.63, 3.8) is 0 Å². The lowest BCUT2D eigenvalue weighted by atomic mass is 9.84. The number of ether oxygens (including phenoxy) is 1. The molecule has 3 rings (SSSR count). The van der Waals surface area contributed by atoms with E-state index in [4.69, 9.17) is 4.74 Å². The Bertz CT molecular complexity index is 827. The number of esters is 1. The van der Waals surface area contributed by atoms with Crippen molar-refractivity contribution in [3.05, 3.63) is 57.7 Å². The van der Waals surface area contributed by atoms with E-state index in [1.165, 1.54) is 5.56 Å². The van der Waals surface area contributed by atoms with Gasteiger partial charge < -0.3 is 10.1 Å². The number of halogens is 1. The van der Waals surface area contributed by atoms with Gasteiger partial charge in [-0.1, -0.05) is 45.0 Å². The lowest BCUT2D eigenvalue weighted by Gasteiger charge is -2.25. The number of nitrogens with one attached hydrogen (secondary N) is 1. The third-order valence-corrected chi connectivity index (χ3v) is 5.46. The maximum absolute atomic E-state index is 12.4. The van der Waals surface area contributed by atoms with E-state index in [-0.39, 0.29) is 11.4 Å². The summed E-state index contributed by atoms with van der Waals surface area (Å²) >= 11 is 3.50. The molecule has 0 radical (unpaired) electrons. The molecule has 0 saturated carbocycles. The van der Waals surface area contributed by atoms with Crippen LogP contribution in [-0.4, -0.2) is 17.0 Å². The number of nitrogens with zero attached hydrogens (tertiary/aromatic N) is 1. The Labute approximate surface area is 163 Å². The van der Waals surface area contributed by atoms with Crippen LogP contribution >= 0.6 is 15.9 Å². The summed E-state index contributed by atoms with van der Waals surface area (Å²) in [7, 11) is 0. The van der Waals surface area contributed by atoms with E-state index in [1.807, 2.05) is 19.9 Å². The fourth-order valence-corrected chi connectivity index (χ4v) is 3.80. The molecule has 1 saturated heterocycles. The molecule has 0 bridgehead atoms. The summed E-state index contributed by atoms with van der Waals surface area (Å²) in [5.74, 6) is 0.409. The number of rotatable bonds is 3. The smallest absolute Gasteiger partial charge is 0.329 e. The van der Waals surface area contributed by atoms with Crippen molar-refractivity contribution in [2.45, 2.75) is 58.1 Å². The fourth-order valence-electron chi connectivity index (χ4n) is 3.22. The van der Waals surface area contributed by atoms with Gasteiger partial charge in [0, 0.05) is 12.6 Å². The number of hydrogen-bond acceptors (Lipinski definition) is 4. The van der Waals surface area contributed by atoms with Crippen LogP contribution in [0.15, 0.2) is 41.0 Å². The summed E-state index contributed by atoms with van der Waals surface area (Å²) in [5, 5.41) is 3.21. The standard InChI is InChI=1S/C21H25BrN2O2/c1-13-10-16(22)18(23-12-13)24-17-11-21(5,26-19(17)25)15-8-6-14(7-9-15)20(2,3)4/h6-10,12,17H,11H2,1-5H3,(H,23,24). The van der Waals surface area contributed by atoms with Gasteiger partial charge in [0.05, 0.1) is 4.47 Å². The average molecular weight is 417 g/mol. The molecule has 1 aromatic carbocycles. The van der Waals surface area contributed by atoms with Crippen molar-refractivity contribution < 1.29 is 9.53 Å². The van der Waals surface area contributed by atoms with E-state index in [0.717, 1.165) is 15.6 Å². The molecule has 1 aromatic heterocycles. The Kier molecular flexibility index (Phi) is 4.86. The Hall–Kier alpha value is -1.88. The highest BCUT2D eigenvalue weighted by molar-refractivity contribution is 9.10. The van der Waals surface area contributed by atoms with Crippen LogP contribution in [0, 0.1) is 6.92 Å². The molecule has 1 fully saturated rings. The van der Waals surface area contributed by atoms with E-state index in [2.05, 4.69) is 71.3 Å². The zero-order chi connectivity index (χ0) is 19.1. The molecule has 0 spiro atoms. The van der Waals surface area contributed by atoms with Gasteiger partial charge in [-0.3, -0.25) is 0 Å². The van der Waals surface area contributed by atoms with Crippen LogP contribution in [0.4, 0.5) is 5.82 Å². The van der Waals surface area contributed by atoms with Gasteiger partial charge in [0.15, 0.2) is 0 Å². The molecule has 1 aliphatic heterocycles. The van der Waals surface area contributed by atoms with Gasteiger partial charge in [-0.2, -0.15) is 0 Å². The summed E-state index contributed by atoms with van der Waals surface area (Å²) < 4.78 is 6.61. The first-order valence-electron chi connectivity index (χ1n) is 8.81. The minimum absolute atomic E-state index is 0.0965. The molecule has 0 aliphatic carbocycles. The van der Waals surface area contributed by atoms with Crippen LogP contribution in [0.5, 0.6) is 0 Å². The van der Waals surface area contributed by atoms with Crippen molar-refractivity contribution in [1.82, 2.24) is 4.98 Å². The highest BCUT2D eigenvalue weighted by atomic mass is 79.9. The number of cyclic esters (lactones) is 1. The van der Waals surface area contributed by atoms with Crippen LogP contribution in [0.25, 0.3) is 0 Å². The minimum Gasteiger partial charge on any atom is -0.453 e. The quantitative estimate of drug-likeness (QED) is 0.707. The predicted molar refractivity (Wildman–Crippen MR) is 107 cm³/mol. The van der Waals surface area contributed by atoms with Gasteiger partial charge in [0.1, 0.15) is 17.5 Å². The van der Waals surface area contributed by atoms with E-state index in [0.29, 0.717) is 12.2 Å². The van der Waals surface area contributed by atoms with Crippen LogP contribution in [0.1, 0.15) is 50.8 Å². The molecule has 26 heavy (non-hydrogen) atoms. The fraction of sp³-hybridized carbons (Fsp3) is 0.429. The van der Waals surface area contributed by atoms with Gasteiger partial charge in [-0.15, -0.1) is 0 Å². The number of carbonyl (C=O) groups is 1. The highest BCUT2D eigenvalue weighted by Gasteiger charge is 2.45. The van der Waals surface area contributed by atoms with Gasteiger partial charge >= 0.3 is 5.97 Å². The van der Waals surface area contributed by atoms with Crippen LogP contribution in [-0.2, 0) is 20.5 Å². The summed E-state index contributed by atoms with van der Waals surface area (Å²) in [6.07, 6.45) is 2.33. The zero-order valence-electron chi connectivity index (χ0n) is 15.9. The van der Waals surface area contributed by atoms with E-state index in [9.17, 15) is 4.79 Å². The largest absolute Gasteiger partial charge is 0.453 e. The zero-order valence-corrected chi connectivity index (χ0v) is 17.5. The Balaban J connectivity index is 1.79. The molecule has 2 unspecified atom stereocenters. The van der Waals surface area contributed by atoms with Gasteiger partial charge in [-0.05, 0) is 57.9 Å². The highest BCUT2D eigenvalue weighted by Crippen LogP contribution is 2.38. The lowest BCUT2D eigenvalue weighted by Crippen LogP contribution is -2.26. The second-order valence-electron chi connectivity index (χ2n) is 8.22. The van der Waals surface area contributed by atoms with Crippen LogP contribution < -0.4 is 5.32 Å². The Morgan fingerprint density at radius 2 is 1.92 bits per heavy atom. The molecule has 138 valence electrons. The van der Waals surface area contributed by atoms with Crippen LogP contribution in [0.3, 0.4) is 0 Å². The van der Waals surface area contributed by atoms with Crippen molar-refractivity contribution in [2.75, 3.05) is 5.32 Å². The maximum Gasteiger partial charge on any atom is 0.329 e. The molecule has 0 amide bonds. The summed E-state index contributed by atoms with van der Waals surface area (Å²) in [5.41, 5.74) is 2.79. The molecule has 2 aromatic rings. The van der Waals surface area contributed by atoms with Crippen molar-refractivity contribution in [3.8, 4) is 0 Å². The first-order valence-corrected chi connectivity index (χ1v) is 9.60. The number of aromatic nitrogens is 1. The van der Waals surface area contributed by atoms with Crippen molar-refractivity contribution in [2.24, 2.45) is 0 Å². The molecule has 4 nitrogen and oxygen atoms in total. The number of aryl methyl sites for hydroxylation is 1. The Morgan fingerprint density at radius 3 is 2.50 bits per heavy atom. The van der Waals surface area contributed by atoms with Gasteiger partial charge in [0.2, 0.25) is 0 Å². The molecular weight excluding hydrogens is 392 g/mol. The number of carbonyl (C=O) groups excluding carboxylic acids is 1. The molecule has 2 atom stereocenters. The van der Waals surface area contributed by atoms with Crippen LogP contribution in [0.2, 0.25) is 0 Å². The summed E-state index contributed by atoms with van der Waals surface area (Å²) in [6.45, 7) is 10.5. The summed E-state index contributed by atoms with van der Waals surface area (Å²) in [6, 6.07) is 9.92. The number of benzene rings is 1. The van der Waals surface area contributed by atoms with E-state index < -0.39 is 11.6 Å². The first-order chi connectivity index (χ1) is 12.1. The SMILES string of the molecule is Cc1cnc(NC2CC(C)(c3ccc(C(C)(C)C)cc3)OC2=O)c(Br)c1. The van der Waals surface area contributed by atoms with Crippen molar-refractivity contribution >= 4 is 27.7 Å². The lowest BCUT2D eigenvalue weighted by molar-refractivity contribution is -0.148.